The van der Waals surface area contributed by atoms with Crippen LogP contribution in [0.25, 0.3) is 11.0 Å². The van der Waals surface area contributed by atoms with E-state index in [0.717, 1.165) is 47.6 Å². The maximum atomic E-state index is 6.08. The molecule has 2 aromatic heterocycles. The second-order valence-corrected chi connectivity index (χ2v) is 5.99. The molecule has 132 valence electrons. The van der Waals surface area contributed by atoms with Crippen LogP contribution in [0.2, 0.25) is 0 Å². The number of nitrogens with two attached hydrogens (primary N) is 1. The van der Waals surface area contributed by atoms with Crippen molar-refractivity contribution in [3.63, 3.8) is 0 Å². The van der Waals surface area contributed by atoms with Crippen LogP contribution in [-0.2, 0) is 17.9 Å². The summed E-state index contributed by atoms with van der Waals surface area (Å²) in [5.41, 5.74) is 9.92. The maximum absolute atomic E-state index is 6.08. The lowest BCUT2D eigenvalue weighted by Crippen LogP contribution is -2.33. The molecule has 2 aromatic rings. The predicted octanol–water partition coefficient (Wildman–Crippen LogP) is 1.65. The molecule has 0 aliphatic rings. The van der Waals surface area contributed by atoms with Crippen LogP contribution in [0.3, 0.4) is 0 Å². The van der Waals surface area contributed by atoms with Crippen molar-refractivity contribution in [1.29, 1.82) is 0 Å². The van der Waals surface area contributed by atoms with Gasteiger partial charge in [-0.15, -0.1) is 0 Å². The van der Waals surface area contributed by atoms with Gasteiger partial charge in [-0.2, -0.15) is 0 Å². The lowest BCUT2D eigenvalue weighted by atomic mass is 10.2. The second kappa shape index (κ2) is 8.25. The minimum Gasteiger partial charge on any atom is -0.382 e. The van der Waals surface area contributed by atoms with E-state index in [1.165, 1.54) is 0 Å². The Morgan fingerprint density at radius 3 is 2.75 bits per heavy atom. The molecule has 0 radical (unpaired) electrons. The minimum atomic E-state index is 0.464. The Labute approximate surface area is 148 Å². The Hall–Kier alpha value is -1.93. The number of ether oxygens (including phenoxy) is 1. The molecular weight excluding hydrogens is 324 g/mol. The molecule has 0 fully saturated rings. The summed E-state index contributed by atoms with van der Waals surface area (Å²) in [6.45, 7) is 8.70. The van der Waals surface area contributed by atoms with Gasteiger partial charge >= 0.3 is 0 Å². The average Bonchev–Trinajstić information content (AvgIpc) is 2.93. The summed E-state index contributed by atoms with van der Waals surface area (Å²) in [6, 6.07) is 0. The number of nitrogens with zero attached hydrogens (tertiary/aromatic N) is 3. The SMILES string of the molecule is CCOCc1nc2c(N)nc(C)c(C)c2n1CCCNC(=S)NC. The fourth-order valence-corrected chi connectivity index (χ4v) is 2.72. The van der Waals surface area contributed by atoms with Gasteiger partial charge in [-0.25, -0.2) is 9.97 Å². The molecule has 7 nitrogen and oxygen atoms in total. The third kappa shape index (κ3) is 3.93. The van der Waals surface area contributed by atoms with Crippen molar-refractivity contribution in [3.05, 3.63) is 17.1 Å². The maximum Gasteiger partial charge on any atom is 0.166 e. The molecule has 0 aromatic carbocycles. The molecule has 0 aliphatic carbocycles. The molecule has 0 spiro atoms. The minimum absolute atomic E-state index is 0.464. The first-order valence-corrected chi connectivity index (χ1v) is 8.55. The van der Waals surface area contributed by atoms with Crippen molar-refractivity contribution < 1.29 is 4.74 Å². The van der Waals surface area contributed by atoms with Crippen LogP contribution in [-0.4, -0.2) is 39.8 Å². The smallest absolute Gasteiger partial charge is 0.166 e. The molecule has 24 heavy (non-hydrogen) atoms. The summed E-state index contributed by atoms with van der Waals surface area (Å²) < 4.78 is 7.76. The Kier molecular flexibility index (Phi) is 6.33. The van der Waals surface area contributed by atoms with Gasteiger partial charge in [0.2, 0.25) is 0 Å². The van der Waals surface area contributed by atoms with E-state index in [0.29, 0.717) is 24.1 Å². The van der Waals surface area contributed by atoms with Gasteiger partial charge in [-0.3, -0.25) is 0 Å². The molecule has 2 heterocycles. The highest BCUT2D eigenvalue weighted by Crippen LogP contribution is 2.26. The fraction of sp³-hybridized carbons (Fsp3) is 0.562. The number of thiocarbonyl (C=S) groups is 1. The first kappa shape index (κ1) is 18.4. The van der Waals surface area contributed by atoms with Crippen LogP contribution in [0.15, 0.2) is 0 Å². The zero-order valence-corrected chi connectivity index (χ0v) is 15.6. The van der Waals surface area contributed by atoms with E-state index < -0.39 is 0 Å². The lowest BCUT2D eigenvalue weighted by molar-refractivity contribution is 0.126. The Morgan fingerprint density at radius 1 is 1.33 bits per heavy atom. The van der Waals surface area contributed by atoms with Crippen molar-refractivity contribution in [2.75, 3.05) is 25.9 Å². The molecule has 0 saturated carbocycles. The van der Waals surface area contributed by atoms with Crippen LogP contribution in [0.1, 0.15) is 30.4 Å². The molecular formula is C16H26N6OS. The number of fused-ring (bicyclic) bond motifs is 1. The number of anilines is 1. The van der Waals surface area contributed by atoms with Crippen molar-refractivity contribution >= 4 is 34.2 Å². The van der Waals surface area contributed by atoms with E-state index in [9.17, 15) is 0 Å². The molecule has 0 atom stereocenters. The highest BCUT2D eigenvalue weighted by atomic mass is 32.1. The number of aromatic nitrogens is 3. The largest absolute Gasteiger partial charge is 0.382 e. The molecule has 0 unspecified atom stereocenters. The van der Waals surface area contributed by atoms with Gasteiger partial charge in [-0.1, -0.05) is 0 Å². The van der Waals surface area contributed by atoms with E-state index in [-0.39, 0.29) is 0 Å². The molecule has 0 amide bonds. The van der Waals surface area contributed by atoms with Gasteiger partial charge in [-0.05, 0) is 45.0 Å². The van der Waals surface area contributed by atoms with Crippen molar-refractivity contribution in [3.8, 4) is 0 Å². The van der Waals surface area contributed by atoms with Gasteiger partial charge in [0.25, 0.3) is 0 Å². The Bertz CT molecular complexity index is 727. The first-order valence-electron chi connectivity index (χ1n) is 8.14. The molecule has 0 bridgehead atoms. The summed E-state index contributed by atoms with van der Waals surface area (Å²) in [4.78, 5) is 9.06. The average molecular weight is 350 g/mol. The van der Waals surface area contributed by atoms with Gasteiger partial charge in [0, 0.05) is 32.4 Å². The number of rotatable bonds is 7. The number of pyridine rings is 1. The quantitative estimate of drug-likeness (QED) is 0.517. The Balaban J connectivity index is 2.31. The van der Waals surface area contributed by atoms with Crippen LogP contribution < -0.4 is 16.4 Å². The summed E-state index contributed by atoms with van der Waals surface area (Å²) >= 11 is 5.10. The van der Waals surface area contributed by atoms with Crippen LogP contribution in [0.5, 0.6) is 0 Å². The van der Waals surface area contributed by atoms with Gasteiger partial charge < -0.3 is 25.7 Å². The van der Waals surface area contributed by atoms with E-state index >= 15 is 0 Å². The third-order valence-corrected chi connectivity index (χ3v) is 4.33. The summed E-state index contributed by atoms with van der Waals surface area (Å²) in [7, 11) is 1.81. The van der Waals surface area contributed by atoms with Crippen molar-refractivity contribution in [2.45, 2.75) is 40.3 Å². The number of aryl methyl sites for hydroxylation is 3. The van der Waals surface area contributed by atoms with Crippen molar-refractivity contribution in [2.24, 2.45) is 0 Å². The molecule has 0 aliphatic heterocycles. The second-order valence-electron chi connectivity index (χ2n) is 5.58. The first-order chi connectivity index (χ1) is 11.5. The van der Waals surface area contributed by atoms with Crippen LogP contribution in [0, 0.1) is 13.8 Å². The zero-order chi connectivity index (χ0) is 17.7. The number of imidazole rings is 1. The molecule has 2 rings (SSSR count). The van der Waals surface area contributed by atoms with Gasteiger partial charge in [0.1, 0.15) is 17.9 Å². The summed E-state index contributed by atoms with van der Waals surface area (Å²) in [5.74, 6) is 1.35. The summed E-state index contributed by atoms with van der Waals surface area (Å²) in [6.07, 6.45) is 0.910. The molecule has 4 N–H and O–H groups in total. The monoisotopic (exact) mass is 350 g/mol. The third-order valence-electron chi connectivity index (χ3n) is 3.98. The highest BCUT2D eigenvalue weighted by molar-refractivity contribution is 7.80. The highest BCUT2D eigenvalue weighted by Gasteiger charge is 2.17. The van der Waals surface area contributed by atoms with E-state index in [2.05, 4.69) is 32.1 Å². The normalized spacial score (nSPS) is 11.0. The number of nitrogen functional groups attached to an aromatic ring is 1. The van der Waals surface area contributed by atoms with Gasteiger partial charge in [0.05, 0.1) is 5.52 Å². The van der Waals surface area contributed by atoms with Crippen LogP contribution in [0.4, 0.5) is 5.82 Å². The van der Waals surface area contributed by atoms with E-state index in [1.807, 2.05) is 13.8 Å². The predicted molar refractivity (Wildman–Crippen MR) is 101 cm³/mol. The topological polar surface area (TPSA) is 90.0 Å². The number of nitrogens with one attached hydrogen (secondary N) is 2. The van der Waals surface area contributed by atoms with Crippen LogP contribution >= 0.6 is 12.2 Å². The zero-order valence-electron chi connectivity index (χ0n) is 14.8. The van der Waals surface area contributed by atoms with E-state index in [1.54, 1.807) is 7.05 Å². The molecule has 8 heteroatoms. The van der Waals surface area contributed by atoms with Gasteiger partial charge in [0.15, 0.2) is 10.9 Å². The molecule has 0 saturated heterocycles. The van der Waals surface area contributed by atoms with E-state index in [4.69, 9.17) is 22.7 Å². The Morgan fingerprint density at radius 2 is 2.08 bits per heavy atom. The van der Waals surface area contributed by atoms with Crippen molar-refractivity contribution in [1.82, 2.24) is 25.2 Å². The number of hydrogen-bond acceptors (Lipinski definition) is 5. The lowest BCUT2D eigenvalue weighted by Gasteiger charge is -2.12. The number of hydrogen-bond donors (Lipinski definition) is 3. The standard InChI is InChI=1S/C16H26N6OS/c1-5-23-9-12-21-13-14(10(2)11(3)20-15(13)17)22(12)8-6-7-19-16(24)18-4/h5-9H2,1-4H3,(H2,17,20)(H2,18,19,24). The summed E-state index contributed by atoms with van der Waals surface area (Å²) in [5, 5.41) is 6.72. The fourth-order valence-electron chi connectivity index (χ4n) is 2.62.